The Morgan fingerprint density at radius 1 is 1.35 bits per heavy atom. The van der Waals surface area contributed by atoms with Crippen molar-refractivity contribution in [3.8, 4) is 0 Å². The van der Waals surface area contributed by atoms with Crippen LogP contribution in [0.25, 0.3) is 0 Å². The lowest BCUT2D eigenvalue weighted by molar-refractivity contribution is -0.137. The number of aliphatic hydroxyl groups is 1. The highest BCUT2D eigenvalue weighted by Crippen LogP contribution is 2.37. The number of nitrogens with zero attached hydrogens (tertiary/aromatic N) is 1. The maximum Gasteiger partial charge on any atom is 0.317 e. The van der Waals surface area contributed by atoms with Crippen LogP contribution in [0.2, 0.25) is 0 Å². The van der Waals surface area contributed by atoms with Crippen molar-refractivity contribution < 1.29 is 19.8 Å². The molecule has 0 spiro atoms. The number of rotatable bonds is 5. The van der Waals surface area contributed by atoms with Crippen LogP contribution in [0, 0.1) is 11.8 Å². The van der Waals surface area contributed by atoms with Gasteiger partial charge in [-0.2, -0.15) is 0 Å². The molecule has 1 aliphatic heterocycles. The van der Waals surface area contributed by atoms with E-state index < -0.39 is 5.97 Å². The molecule has 114 valence electrons. The van der Waals surface area contributed by atoms with Gasteiger partial charge in [0.15, 0.2) is 0 Å². The van der Waals surface area contributed by atoms with E-state index >= 15 is 0 Å². The van der Waals surface area contributed by atoms with Crippen molar-refractivity contribution in [1.29, 1.82) is 0 Å². The quantitative estimate of drug-likeness (QED) is 0.703. The predicted molar refractivity (Wildman–Crippen MR) is 73.3 cm³/mol. The first-order valence-electron chi connectivity index (χ1n) is 7.46. The summed E-state index contributed by atoms with van der Waals surface area (Å²) in [6.45, 7) is 3.24. The van der Waals surface area contributed by atoms with Crippen LogP contribution < -0.4 is 5.32 Å². The molecular formula is C14H24N2O4. The standard InChI is InChI=1S/C14H24N2O4/c1-2-3-10(6-13(18)19)15-14(20)16-7-9-4-5-12(17)11(9)8-16/h9-12,17H,2-8H2,1H3,(H,15,20)(H,18,19). The molecule has 0 aromatic carbocycles. The lowest BCUT2D eigenvalue weighted by Gasteiger charge is -2.23. The number of hydrogen-bond donors (Lipinski definition) is 3. The number of carboxylic acids is 1. The summed E-state index contributed by atoms with van der Waals surface area (Å²) in [6, 6.07) is -0.498. The molecule has 2 amide bonds. The van der Waals surface area contributed by atoms with Gasteiger partial charge in [-0.1, -0.05) is 13.3 Å². The Labute approximate surface area is 119 Å². The molecular weight excluding hydrogens is 260 g/mol. The van der Waals surface area contributed by atoms with Gasteiger partial charge in [-0.3, -0.25) is 4.79 Å². The van der Waals surface area contributed by atoms with Crippen molar-refractivity contribution in [2.45, 2.75) is 51.2 Å². The summed E-state index contributed by atoms with van der Waals surface area (Å²) in [5.74, 6) is -0.290. The van der Waals surface area contributed by atoms with Crippen molar-refractivity contribution in [3.05, 3.63) is 0 Å². The Morgan fingerprint density at radius 2 is 2.10 bits per heavy atom. The number of aliphatic carboxylic acids is 1. The summed E-state index contributed by atoms with van der Waals surface area (Å²) in [5, 5.41) is 21.5. The highest BCUT2D eigenvalue weighted by Gasteiger charge is 2.43. The molecule has 6 heteroatoms. The minimum absolute atomic E-state index is 0.0388. The Balaban J connectivity index is 1.86. The Kier molecular flexibility index (Phi) is 4.86. The van der Waals surface area contributed by atoms with Gasteiger partial charge in [0.1, 0.15) is 0 Å². The first kappa shape index (κ1) is 15.1. The average molecular weight is 284 g/mol. The molecule has 4 unspecified atom stereocenters. The van der Waals surface area contributed by atoms with E-state index in [1.165, 1.54) is 0 Å². The molecule has 1 saturated heterocycles. The van der Waals surface area contributed by atoms with Crippen LogP contribution in [-0.4, -0.2) is 52.3 Å². The topological polar surface area (TPSA) is 89.9 Å². The molecule has 1 aliphatic carbocycles. The monoisotopic (exact) mass is 284 g/mol. The lowest BCUT2D eigenvalue weighted by Crippen LogP contribution is -2.45. The highest BCUT2D eigenvalue weighted by molar-refractivity contribution is 5.76. The number of likely N-dealkylation sites (tertiary alicyclic amines) is 1. The van der Waals surface area contributed by atoms with Gasteiger partial charge in [0.25, 0.3) is 0 Å². The summed E-state index contributed by atoms with van der Waals surface area (Å²) < 4.78 is 0. The highest BCUT2D eigenvalue weighted by atomic mass is 16.4. The molecule has 2 fully saturated rings. The second-order valence-corrected chi connectivity index (χ2v) is 6.01. The molecule has 20 heavy (non-hydrogen) atoms. The van der Waals surface area contributed by atoms with Gasteiger partial charge in [0.2, 0.25) is 0 Å². The van der Waals surface area contributed by atoms with E-state index in [-0.39, 0.29) is 30.5 Å². The number of urea groups is 1. The average Bonchev–Trinajstić information content (AvgIpc) is 2.91. The molecule has 0 aromatic heterocycles. The summed E-state index contributed by atoms with van der Waals surface area (Å²) in [5.41, 5.74) is 0. The molecule has 1 saturated carbocycles. The van der Waals surface area contributed by atoms with Crippen molar-refractivity contribution in [2.75, 3.05) is 13.1 Å². The van der Waals surface area contributed by atoms with Crippen LogP contribution in [0.4, 0.5) is 4.79 Å². The maximum atomic E-state index is 12.2. The Morgan fingerprint density at radius 3 is 2.70 bits per heavy atom. The molecule has 2 aliphatic rings. The van der Waals surface area contributed by atoms with Gasteiger partial charge in [-0.05, 0) is 25.2 Å². The molecule has 0 aromatic rings. The molecule has 3 N–H and O–H groups in total. The fourth-order valence-corrected chi connectivity index (χ4v) is 3.45. The third-order valence-electron chi connectivity index (χ3n) is 4.49. The van der Waals surface area contributed by atoms with E-state index in [4.69, 9.17) is 5.11 Å². The Hall–Kier alpha value is -1.30. The van der Waals surface area contributed by atoms with Crippen molar-refractivity contribution in [3.63, 3.8) is 0 Å². The molecule has 4 atom stereocenters. The summed E-state index contributed by atoms with van der Waals surface area (Å²) in [4.78, 5) is 24.7. The maximum absolute atomic E-state index is 12.2. The second-order valence-electron chi connectivity index (χ2n) is 6.01. The number of aliphatic hydroxyl groups excluding tert-OH is 1. The number of carbonyl (C=O) groups is 2. The van der Waals surface area contributed by atoms with Crippen LogP contribution >= 0.6 is 0 Å². The van der Waals surface area contributed by atoms with E-state index in [1.807, 2.05) is 6.92 Å². The van der Waals surface area contributed by atoms with Crippen LogP contribution in [0.5, 0.6) is 0 Å². The van der Waals surface area contributed by atoms with Gasteiger partial charge in [0.05, 0.1) is 12.5 Å². The van der Waals surface area contributed by atoms with Gasteiger partial charge in [-0.15, -0.1) is 0 Å². The van der Waals surface area contributed by atoms with Crippen molar-refractivity contribution in [2.24, 2.45) is 11.8 Å². The minimum Gasteiger partial charge on any atom is -0.481 e. The first-order chi connectivity index (χ1) is 9.51. The zero-order valence-corrected chi connectivity index (χ0v) is 11.9. The van der Waals surface area contributed by atoms with E-state index in [9.17, 15) is 14.7 Å². The minimum atomic E-state index is -0.891. The van der Waals surface area contributed by atoms with Crippen LogP contribution in [-0.2, 0) is 4.79 Å². The first-order valence-corrected chi connectivity index (χ1v) is 7.46. The molecule has 0 bridgehead atoms. The lowest BCUT2D eigenvalue weighted by atomic mass is 10.00. The van der Waals surface area contributed by atoms with E-state index in [0.717, 1.165) is 19.3 Å². The largest absolute Gasteiger partial charge is 0.481 e. The fourth-order valence-electron chi connectivity index (χ4n) is 3.45. The van der Waals surface area contributed by atoms with E-state index in [2.05, 4.69) is 5.32 Å². The van der Waals surface area contributed by atoms with Crippen molar-refractivity contribution >= 4 is 12.0 Å². The zero-order valence-electron chi connectivity index (χ0n) is 11.9. The number of hydrogen-bond acceptors (Lipinski definition) is 3. The second kappa shape index (κ2) is 6.43. The predicted octanol–water partition coefficient (Wildman–Crippen LogP) is 1.04. The third kappa shape index (κ3) is 3.42. The normalized spacial score (nSPS) is 30.1. The fraction of sp³-hybridized carbons (Fsp3) is 0.857. The summed E-state index contributed by atoms with van der Waals surface area (Å²) >= 11 is 0. The molecule has 0 radical (unpaired) electrons. The van der Waals surface area contributed by atoms with Gasteiger partial charge < -0.3 is 20.4 Å². The summed E-state index contributed by atoms with van der Waals surface area (Å²) in [7, 11) is 0. The number of nitrogens with one attached hydrogen (secondary N) is 1. The van der Waals surface area contributed by atoms with Crippen molar-refractivity contribution in [1.82, 2.24) is 10.2 Å². The van der Waals surface area contributed by atoms with E-state index in [0.29, 0.717) is 25.4 Å². The van der Waals surface area contributed by atoms with Gasteiger partial charge >= 0.3 is 12.0 Å². The number of fused-ring (bicyclic) bond motifs is 1. The zero-order chi connectivity index (χ0) is 14.7. The van der Waals surface area contributed by atoms with Gasteiger partial charge in [0, 0.05) is 25.0 Å². The third-order valence-corrected chi connectivity index (χ3v) is 4.49. The Bertz CT molecular complexity index is 374. The van der Waals surface area contributed by atoms with Crippen LogP contribution in [0.15, 0.2) is 0 Å². The van der Waals surface area contributed by atoms with Gasteiger partial charge in [-0.25, -0.2) is 4.79 Å². The smallest absolute Gasteiger partial charge is 0.317 e. The summed E-state index contributed by atoms with van der Waals surface area (Å²) in [6.07, 6.45) is 2.99. The SMILES string of the molecule is CCCC(CC(=O)O)NC(=O)N1CC2CCC(O)C2C1. The van der Waals surface area contributed by atoms with Crippen LogP contribution in [0.1, 0.15) is 39.0 Å². The molecule has 6 nitrogen and oxygen atoms in total. The number of amides is 2. The number of carbonyl (C=O) groups excluding carboxylic acids is 1. The van der Waals surface area contributed by atoms with E-state index in [1.54, 1.807) is 4.90 Å². The molecule has 1 heterocycles. The number of carboxylic acid groups (broad SMARTS) is 1. The van der Waals surface area contributed by atoms with Crippen LogP contribution in [0.3, 0.4) is 0 Å². The molecule has 2 rings (SSSR count).